The summed E-state index contributed by atoms with van der Waals surface area (Å²) in [6, 6.07) is 10.0. The lowest BCUT2D eigenvalue weighted by Gasteiger charge is -2.00. The summed E-state index contributed by atoms with van der Waals surface area (Å²) >= 11 is 0. The molecule has 0 bridgehead atoms. The lowest BCUT2D eigenvalue weighted by Crippen LogP contribution is -2.00. The average Bonchev–Trinajstić information content (AvgIpc) is 2.55. The smallest absolute Gasteiger partial charge is 0.0693 e. The summed E-state index contributed by atoms with van der Waals surface area (Å²) in [6.45, 7) is 2.46. The zero-order valence-corrected chi connectivity index (χ0v) is 8.75. The Hall–Kier alpha value is -1.74. The number of aromatic nitrogens is 1. The van der Waals surface area contributed by atoms with Crippen LogP contribution in [-0.2, 0) is 6.54 Å². The topological polar surface area (TPSA) is 67.8 Å². The van der Waals surface area contributed by atoms with Gasteiger partial charge in [-0.05, 0) is 6.92 Å². The molecule has 0 atom stereocenters. The second-order valence-corrected chi connectivity index (χ2v) is 3.59. The van der Waals surface area contributed by atoms with E-state index >= 15 is 0 Å². The lowest BCUT2D eigenvalue weighted by atomic mass is 10.1. The highest BCUT2D eigenvalue weighted by molar-refractivity contribution is 5.76. The Morgan fingerprint density at radius 1 is 1.20 bits per heavy atom. The van der Waals surface area contributed by atoms with E-state index in [1.807, 2.05) is 37.3 Å². The number of hydrogen-bond acceptors (Lipinski definition) is 2. The molecule has 0 aliphatic rings. The minimum absolute atomic E-state index is 0.473. The van der Waals surface area contributed by atoms with Gasteiger partial charge in [-0.3, -0.25) is 0 Å². The van der Waals surface area contributed by atoms with Gasteiger partial charge in [0, 0.05) is 23.4 Å². The fourth-order valence-electron chi connectivity index (χ4n) is 1.78. The molecule has 5 N–H and O–H groups in total. The van der Waals surface area contributed by atoms with Crippen LogP contribution in [0, 0.1) is 6.92 Å². The van der Waals surface area contributed by atoms with E-state index in [9.17, 15) is 0 Å². The standard InChI is InChI=1S/C12H15N3/c1-8-10(7-13)11(14)12(15-8)9-5-3-2-4-6-9/h2-6,15H,7,13-14H2,1H3. The van der Waals surface area contributed by atoms with E-state index < -0.39 is 0 Å². The molecule has 1 aromatic carbocycles. The van der Waals surface area contributed by atoms with E-state index in [0.717, 1.165) is 28.2 Å². The normalized spacial score (nSPS) is 10.5. The van der Waals surface area contributed by atoms with Crippen molar-refractivity contribution in [2.45, 2.75) is 13.5 Å². The number of nitrogen functional groups attached to an aromatic ring is 1. The molecule has 2 aromatic rings. The molecular weight excluding hydrogens is 186 g/mol. The van der Waals surface area contributed by atoms with Gasteiger partial charge in [-0.25, -0.2) is 0 Å². The fourth-order valence-corrected chi connectivity index (χ4v) is 1.78. The Balaban J connectivity index is 2.55. The molecular formula is C12H15N3. The molecule has 1 heterocycles. The summed E-state index contributed by atoms with van der Waals surface area (Å²) in [5.41, 5.74) is 16.6. The van der Waals surface area contributed by atoms with E-state index in [-0.39, 0.29) is 0 Å². The highest BCUT2D eigenvalue weighted by Crippen LogP contribution is 2.29. The monoisotopic (exact) mass is 201 g/mol. The Labute approximate surface area is 89.1 Å². The summed E-state index contributed by atoms with van der Waals surface area (Å²) in [7, 11) is 0. The minimum Gasteiger partial charge on any atom is -0.397 e. The molecule has 0 saturated carbocycles. The molecule has 0 fully saturated rings. The van der Waals surface area contributed by atoms with Gasteiger partial charge in [-0.15, -0.1) is 0 Å². The van der Waals surface area contributed by atoms with Crippen LogP contribution in [-0.4, -0.2) is 4.98 Å². The van der Waals surface area contributed by atoms with E-state index in [1.165, 1.54) is 0 Å². The highest BCUT2D eigenvalue weighted by atomic mass is 14.8. The van der Waals surface area contributed by atoms with E-state index in [0.29, 0.717) is 6.54 Å². The van der Waals surface area contributed by atoms with Crippen molar-refractivity contribution in [1.29, 1.82) is 0 Å². The van der Waals surface area contributed by atoms with Crippen LogP contribution in [0.3, 0.4) is 0 Å². The van der Waals surface area contributed by atoms with Crippen molar-refractivity contribution in [3.63, 3.8) is 0 Å². The maximum atomic E-state index is 6.04. The lowest BCUT2D eigenvalue weighted by molar-refractivity contribution is 1.05. The van der Waals surface area contributed by atoms with Gasteiger partial charge in [-0.1, -0.05) is 30.3 Å². The van der Waals surface area contributed by atoms with Gasteiger partial charge in [0.25, 0.3) is 0 Å². The Morgan fingerprint density at radius 2 is 1.87 bits per heavy atom. The average molecular weight is 201 g/mol. The number of benzene rings is 1. The van der Waals surface area contributed by atoms with Crippen LogP contribution >= 0.6 is 0 Å². The molecule has 0 saturated heterocycles. The minimum atomic E-state index is 0.473. The van der Waals surface area contributed by atoms with E-state index in [4.69, 9.17) is 11.5 Å². The highest BCUT2D eigenvalue weighted by Gasteiger charge is 2.11. The fraction of sp³-hybridized carbons (Fsp3) is 0.167. The van der Waals surface area contributed by atoms with Crippen molar-refractivity contribution in [2.75, 3.05) is 5.73 Å². The second-order valence-electron chi connectivity index (χ2n) is 3.59. The maximum Gasteiger partial charge on any atom is 0.0693 e. The number of aromatic amines is 1. The first kappa shape index (κ1) is 9.80. The van der Waals surface area contributed by atoms with Crippen molar-refractivity contribution in [3.05, 3.63) is 41.6 Å². The van der Waals surface area contributed by atoms with Gasteiger partial charge in [0.1, 0.15) is 0 Å². The van der Waals surface area contributed by atoms with Crippen molar-refractivity contribution < 1.29 is 0 Å². The molecule has 2 rings (SSSR count). The SMILES string of the molecule is Cc1[nH]c(-c2ccccc2)c(N)c1CN. The molecule has 0 amide bonds. The van der Waals surface area contributed by atoms with Gasteiger partial charge < -0.3 is 16.5 Å². The van der Waals surface area contributed by atoms with E-state index in [1.54, 1.807) is 0 Å². The van der Waals surface area contributed by atoms with Crippen LogP contribution in [0.1, 0.15) is 11.3 Å². The number of aryl methyl sites for hydroxylation is 1. The third-order valence-electron chi connectivity index (χ3n) is 2.63. The number of anilines is 1. The molecule has 0 aliphatic carbocycles. The van der Waals surface area contributed by atoms with Gasteiger partial charge in [0.05, 0.1) is 11.4 Å². The van der Waals surface area contributed by atoms with Crippen LogP contribution in [0.25, 0.3) is 11.3 Å². The summed E-state index contributed by atoms with van der Waals surface area (Å²) < 4.78 is 0. The van der Waals surface area contributed by atoms with Crippen LogP contribution in [0.2, 0.25) is 0 Å². The Morgan fingerprint density at radius 3 is 2.40 bits per heavy atom. The molecule has 78 valence electrons. The van der Waals surface area contributed by atoms with Crippen LogP contribution < -0.4 is 11.5 Å². The third-order valence-corrected chi connectivity index (χ3v) is 2.63. The maximum absolute atomic E-state index is 6.04. The predicted molar refractivity (Wildman–Crippen MR) is 63.3 cm³/mol. The van der Waals surface area contributed by atoms with Crippen molar-refractivity contribution >= 4 is 5.69 Å². The molecule has 3 nitrogen and oxygen atoms in total. The van der Waals surface area contributed by atoms with Crippen LogP contribution in [0.5, 0.6) is 0 Å². The van der Waals surface area contributed by atoms with Crippen molar-refractivity contribution in [3.8, 4) is 11.3 Å². The number of hydrogen-bond donors (Lipinski definition) is 3. The second kappa shape index (κ2) is 3.79. The first-order chi connectivity index (χ1) is 7.24. The summed E-state index contributed by atoms with van der Waals surface area (Å²) in [6.07, 6.45) is 0. The Kier molecular flexibility index (Phi) is 2.47. The number of nitrogens with two attached hydrogens (primary N) is 2. The van der Waals surface area contributed by atoms with Crippen molar-refractivity contribution in [2.24, 2.45) is 5.73 Å². The Bertz CT molecular complexity index is 457. The van der Waals surface area contributed by atoms with Crippen LogP contribution in [0.4, 0.5) is 5.69 Å². The van der Waals surface area contributed by atoms with E-state index in [2.05, 4.69) is 4.98 Å². The van der Waals surface area contributed by atoms with Gasteiger partial charge in [0.15, 0.2) is 0 Å². The molecule has 0 unspecified atom stereocenters. The first-order valence-corrected chi connectivity index (χ1v) is 4.96. The molecule has 15 heavy (non-hydrogen) atoms. The summed E-state index contributed by atoms with van der Waals surface area (Å²) in [4.78, 5) is 3.28. The number of H-pyrrole nitrogens is 1. The largest absolute Gasteiger partial charge is 0.397 e. The zero-order chi connectivity index (χ0) is 10.8. The summed E-state index contributed by atoms with van der Waals surface area (Å²) in [5.74, 6) is 0. The van der Waals surface area contributed by atoms with Gasteiger partial charge in [0.2, 0.25) is 0 Å². The molecule has 1 aromatic heterocycles. The molecule has 0 radical (unpaired) electrons. The van der Waals surface area contributed by atoms with Gasteiger partial charge in [-0.2, -0.15) is 0 Å². The molecule has 3 heteroatoms. The first-order valence-electron chi connectivity index (χ1n) is 4.96. The van der Waals surface area contributed by atoms with Crippen LogP contribution in [0.15, 0.2) is 30.3 Å². The molecule has 0 spiro atoms. The predicted octanol–water partition coefficient (Wildman–Crippen LogP) is 2.03. The number of nitrogens with one attached hydrogen (secondary N) is 1. The summed E-state index contributed by atoms with van der Waals surface area (Å²) in [5, 5.41) is 0. The quantitative estimate of drug-likeness (QED) is 0.696. The third kappa shape index (κ3) is 1.62. The van der Waals surface area contributed by atoms with Gasteiger partial charge >= 0.3 is 0 Å². The van der Waals surface area contributed by atoms with Crippen molar-refractivity contribution in [1.82, 2.24) is 4.98 Å². The molecule has 0 aliphatic heterocycles. The number of rotatable bonds is 2. The zero-order valence-electron chi connectivity index (χ0n) is 8.75.